The van der Waals surface area contributed by atoms with Crippen LogP contribution in [0.3, 0.4) is 0 Å². The Morgan fingerprint density at radius 3 is 2.38 bits per heavy atom. The summed E-state index contributed by atoms with van der Waals surface area (Å²) >= 11 is 0. The fraction of sp³-hybridized carbons (Fsp3) is 0.0909. The number of rotatable bonds is 3. The van der Waals surface area contributed by atoms with Gasteiger partial charge in [-0.3, -0.25) is 4.79 Å². The van der Waals surface area contributed by atoms with Crippen molar-refractivity contribution < 1.29 is 13.2 Å². The van der Waals surface area contributed by atoms with Crippen molar-refractivity contribution in [1.82, 2.24) is 0 Å². The van der Waals surface area contributed by atoms with Crippen LogP contribution in [0.4, 0.5) is 5.69 Å². The van der Waals surface area contributed by atoms with Crippen LogP contribution in [0.5, 0.6) is 0 Å². The van der Waals surface area contributed by atoms with Crippen LogP contribution in [0.15, 0.2) is 46.9 Å². The molecule has 0 fully saturated rings. The Morgan fingerprint density at radius 2 is 1.94 bits per heavy atom. The molecule has 0 saturated heterocycles. The third-order valence-corrected chi connectivity index (χ3v) is 3.15. The van der Waals surface area contributed by atoms with Gasteiger partial charge in [0.15, 0.2) is 0 Å². The van der Waals surface area contributed by atoms with Crippen molar-refractivity contribution in [2.45, 2.75) is 11.8 Å². The summed E-state index contributed by atoms with van der Waals surface area (Å²) in [7, 11) is -3.47. The summed E-state index contributed by atoms with van der Waals surface area (Å²) in [6.07, 6.45) is 0. The molecule has 1 rings (SSSR count). The van der Waals surface area contributed by atoms with Gasteiger partial charge in [0, 0.05) is 12.6 Å². The van der Waals surface area contributed by atoms with E-state index >= 15 is 0 Å². The summed E-state index contributed by atoms with van der Waals surface area (Å²) in [4.78, 5) is 10.9. The lowest BCUT2D eigenvalue weighted by Gasteiger charge is -2.02. The zero-order valence-corrected chi connectivity index (χ0v) is 9.54. The third-order valence-electron chi connectivity index (χ3n) is 1.74. The minimum absolute atomic E-state index is 0.137. The van der Waals surface area contributed by atoms with Gasteiger partial charge in [0.25, 0.3) is 0 Å². The van der Waals surface area contributed by atoms with Crippen molar-refractivity contribution >= 4 is 21.4 Å². The molecule has 4 nitrogen and oxygen atoms in total. The van der Waals surface area contributed by atoms with Gasteiger partial charge in [-0.1, -0.05) is 6.58 Å². The molecule has 0 aliphatic carbocycles. The first kappa shape index (κ1) is 12.2. The largest absolute Gasteiger partial charge is 0.326 e. The number of hydrogen-bond acceptors (Lipinski definition) is 3. The Morgan fingerprint density at radius 1 is 1.38 bits per heavy atom. The molecule has 0 bridgehead atoms. The SMILES string of the molecule is C=C=CS(=O)(=O)c1ccc(NC(C)=O)cc1. The lowest BCUT2D eigenvalue weighted by atomic mass is 10.3. The van der Waals surface area contributed by atoms with Crippen molar-refractivity contribution in [3.63, 3.8) is 0 Å². The monoisotopic (exact) mass is 237 g/mol. The highest BCUT2D eigenvalue weighted by Gasteiger charge is 2.09. The second-order valence-corrected chi connectivity index (χ2v) is 4.87. The average molecular weight is 237 g/mol. The van der Waals surface area contributed by atoms with E-state index in [1.807, 2.05) is 0 Å². The fourth-order valence-corrected chi connectivity index (χ4v) is 1.98. The number of hydrogen-bond donors (Lipinski definition) is 1. The molecule has 84 valence electrons. The van der Waals surface area contributed by atoms with Gasteiger partial charge in [-0.05, 0) is 24.3 Å². The van der Waals surface area contributed by atoms with Crippen molar-refractivity contribution in [2.24, 2.45) is 0 Å². The van der Waals surface area contributed by atoms with Gasteiger partial charge in [-0.2, -0.15) is 0 Å². The lowest BCUT2D eigenvalue weighted by Crippen LogP contribution is -2.05. The van der Waals surface area contributed by atoms with E-state index in [1.165, 1.54) is 31.2 Å². The molecule has 0 aliphatic rings. The Kier molecular flexibility index (Phi) is 3.66. The smallest absolute Gasteiger partial charge is 0.221 e. The third kappa shape index (κ3) is 3.08. The molecule has 0 spiro atoms. The second-order valence-electron chi connectivity index (χ2n) is 3.07. The fourth-order valence-electron chi connectivity index (χ4n) is 1.11. The highest BCUT2D eigenvalue weighted by molar-refractivity contribution is 7.94. The highest BCUT2D eigenvalue weighted by Crippen LogP contribution is 2.15. The molecule has 0 unspecified atom stereocenters. The summed E-state index contributed by atoms with van der Waals surface area (Å²) in [6.45, 7) is 4.59. The van der Waals surface area contributed by atoms with Gasteiger partial charge in [0.2, 0.25) is 15.7 Å². The van der Waals surface area contributed by atoms with E-state index in [0.717, 1.165) is 5.41 Å². The Labute approximate surface area is 94.2 Å². The summed E-state index contributed by atoms with van der Waals surface area (Å²) in [5, 5.41) is 3.45. The summed E-state index contributed by atoms with van der Waals surface area (Å²) < 4.78 is 23.0. The van der Waals surface area contributed by atoms with Crippen LogP contribution in [-0.4, -0.2) is 14.3 Å². The van der Waals surface area contributed by atoms with E-state index in [-0.39, 0.29) is 10.8 Å². The Balaban J connectivity index is 3.04. The molecule has 16 heavy (non-hydrogen) atoms. The van der Waals surface area contributed by atoms with Crippen LogP contribution in [0, 0.1) is 0 Å². The molecule has 1 N–H and O–H groups in total. The molecule has 1 aromatic carbocycles. The molecule has 0 saturated carbocycles. The molecule has 1 amide bonds. The summed E-state index contributed by atoms with van der Waals surface area (Å²) in [5.41, 5.74) is 2.77. The van der Waals surface area contributed by atoms with Crippen LogP contribution in [0.1, 0.15) is 6.92 Å². The second kappa shape index (κ2) is 4.79. The maximum atomic E-state index is 11.5. The van der Waals surface area contributed by atoms with Gasteiger partial charge >= 0.3 is 0 Å². The number of benzene rings is 1. The molecule has 1 aromatic rings. The normalized spacial score (nSPS) is 10.3. The minimum atomic E-state index is -3.47. The molecular formula is C11H11NO3S. The van der Waals surface area contributed by atoms with E-state index in [1.54, 1.807) is 0 Å². The van der Waals surface area contributed by atoms with Gasteiger partial charge < -0.3 is 5.32 Å². The van der Waals surface area contributed by atoms with Crippen LogP contribution in [0.2, 0.25) is 0 Å². The van der Waals surface area contributed by atoms with Gasteiger partial charge in [0.05, 0.1) is 10.3 Å². The van der Waals surface area contributed by atoms with Crippen LogP contribution in [-0.2, 0) is 14.6 Å². The minimum Gasteiger partial charge on any atom is -0.326 e. The predicted octanol–water partition coefficient (Wildman–Crippen LogP) is 1.72. The Bertz CT molecular complexity index is 537. The van der Waals surface area contributed by atoms with Crippen molar-refractivity contribution in [2.75, 3.05) is 5.32 Å². The van der Waals surface area contributed by atoms with Crippen molar-refractivity contribution in [3.8, 4) is 0 Å². The predicted molar refractivity (Wildman–Crippen MR) is 61.6 cm³/mol. The molecule has 0 aromatic heterocycles. The number of carbonyl (C=O) groups excluding carboxylic acids is 1. The standard InChI is InChI=1S/C11H11NO3S/c1-3-8-16(14,15)11-6-4-10(5-7-11)12-9(2)13/h4-8H,1H2,2H3,(H,12,13). The molecule has 0 heterocycles. The van der Waals surface area contributed by atoms with E-state index in [4.69, 9.17) is 0 Å². The van der Waals surface area contributed by atoms with Crippen LogP contribution in [0.25, 0.3) is 0 Å². The first-order chi connectivity index (χ1) is 7.45. The van der Waals surface area contributed by atoms with Crippen molar-refractivity contribution in [3.05, 3.63) is 42.0 Å². The summed E-state index contributed by atoms with van der Waals surface area (Å²) in [6, 6.07) is 5.86. The van der Waals surface area contributed by atoms with E-state index < -0.39 is 9.84 Å². The first-order valence-electron chi connectivity index (χ1n) is 4.44. The van der Waals surface area contributed by atoms with Crippen LogP contribution < -0.4 is 5.32 Å². The van der Waals surface area contributed by atoms with Crippen LogP contribution >= 0.6 is 0 Å². The van der Waals surface area contributed by atoms with Gasteiger partial charge in [-0.25, -0.2) is 8.42 Å². The molecular weight excluding hydrogens is 226 g/mol. The summed E-state index contributed by atoms with van der Waals surface area (Å²) in [5.74, 6) is -0.207. The quantitative estimate of drug-likeness (QED) is 0.814. The molecule has 0 aliphatic heterocycles. The zero-order valence-electron chi connectivity index (χ0n) is 8.73. The zero-order chi connectivity index (χ0) is 12.2. The number of anilines is 1. The average Bonchev–Trinajstić information content (AvgIpc) is 2.17. The van der Waals surface area contributed by atoms with E-state index in [0.29, 0.717) is 5.69 Å². The molecule has 5 heteroatoms. The van der Waals surface area contributed by atoms with E-state index in [9.17, 15) is 13.2 Å². The molecule has 0 radical (unpaired) electrons. The maximum Gasteiger partial charge on any atom is 0.221 e. The van der Waals surface area contributed by atoms with Gasteiger partial charge in [-0.15, -0.1) is 5.73 Å². The van der Waals surface area contributed by atoms with Gasteiger partial charge in [0.1, 0.15) is 0 Å². The first-order valence-corrected chi connectivity index (χ1v) is 5.99. The number of nitrogens with one attached hydrogen (secondary N) is 1. The van der Waals surface area contributed by atoms with E-state index in [2.05, 4.69) is 17.6 Å². The number of sulfone groups is 1. The molecule has 0 atom stereocenters. The van der Waals surface area contributed by atoms with Crippen molar-refractivity contribution in [1.29, 1.82) is 0 Å². The Hall–Kier alpha value is -1.84. The maximum absolute atomic E-state index is 11.5. The lowest BCUT2D eigenvalue weighted by molar-refractivity contribution is -0.114. The highest BCUT2D eigenvalue weighted by atomic mass is 32.2. The number of amides is 1. The number of carbonyl (C=O) groups is 1. The topological polar surface area (TPSA) is 63.2 Å².